The minimum absolute atomic E-state index is 0.0864. The molecule has 3 atom stereocenters. The number of carbonyl (C=O) groups excluding carboxylic acids is 2. The van der Waals surface area contributed by atoms with Gasteiger partial charge in [0, 0.05) is 14.1 Å². The molecule has 0 aromatic heterocycles. The number of hydrogen-bond donors (Lipinski definition) is 1. The Morgan fingerprint density at radius 2 is 1.91 bits per heavy atom. The summed E-state index contributed by atoms with van der Waals surface area (Å²) in [5.41, 5.74) is 1.02. The molecule has 8 heteroatoms. The number of ether oxygens (including phenoxy) is 1. The van der Waals surface area contributed by atoms with Gasteiger partial charge in [0.05, 0.1) is 19.8 Å². The summed E-state index contributed by atoms with van der Waals surface area (Å²) in [7, 11) is 3.11. The zero-order valence-electron chi connectivity index (χ0n) is 12.9. The molecule has 23 heavy (non-hydrogen) atoms. The van der Waals surface area contributed by atoms with Gasteiger partial charge in [0.1, 0.15) is 0 Å². The topological polar surface area (TPSA) is 70.1 Å². The maximum absolute atomic E-state index is 12.6. The van der Waals surface area contributed by atoms with E-state index < -0.39 is 18.2 Å². The summed E-state index contributed by atoms with van der Waals surface area (Å²) < 4.78 is 6.67. The summed E-state index contributed by atoms with van der Waals surface area (Å²) in [5, 5.41) is 9.77. The molecule has 3 aliphatic rings. The number of amides is 2. The van der Waals surface area contributed by atoms with Crippen LogP contribution in [-0.2, 0) is 20.9 Å². The van der Waals surface area contributed by atoms with Gasteiger partial charge in [-0.2, -0.15) is 0 Å². The van der Waals surface area contributed by atoms with Crippen molar-refractivity contribution in [3.05, 3.63) is 35.9 Å². The van der Waals surface area contributed by atoms with Gasteiger partial charge < -0.3 is 14.7 Å². The molecule has 6 nitrogen and oxygen atoms in total. The molecule has 1 aromatic carbocycles. The highest BCUT2D eigenvalue weighted by Gasteiger charge is 2.95. The fraction of sp³-hybridized carbons (Fsp3) is 0.467. The standard InChI is InChI=1S/C15H18N2O4S2/c1-16-13(20)15(9-18)22-23(15)14(16,12(19)17(23)2)10-21-8-11-6-4-3-5-7-11/h3-7,18H,8-10H2,1-2H3/t14-,15+/m0/s1. The van der Waals surface area contributed by atoms with E-state index in [1.165, 1.54) is 15.7 Å². The van der Waals surface area contributed by atoms with E-state index in [9.17, 15) is 14.7 Å². The summed E-state index contributed by atoms with van der Waals surface area (Å²) in [6.45, 7) is 0.347. The Kier molecular flexibility index (Phi) is 3.10. The van der Waals surface area contributed by atoms with Crippen LogP contribution < -0.4 is 0 Å². The van der Waals surface area contributed by atoms with E-state index in [-0.39, 0.29) is 25.0 Å². The lowest BCUT2D eigenvalue weighted by Crippen LogP contribution is -2.68. The molecule has 1 spiro atoms. The van der Waals surface area contributed by atoms with E-state index >= 15 is 0 Å². The van der Waals surface area contributed by atoms with Crippen LogP contribution >= 0.6 is 20.0 Å². The molecule has 1 aromatic rings. The Bertz CT molecular complexity index is 702. The first kappa shape index (κ1) is 15.3. The van der Waals surface area contributed by atoms with Crippen molar-refractivity contribution in [3.8, 4) is 0 Å². The van der Waals surface area contributed by atoms with Crippen LogP contribution in [0.1, 0.15) is 5.56 Å². The molecule has 0 aliphatic carbocycles. The van der Waals surface area contributed by atoms with Crippen LogP contribution in [0.3, 0.4) is 0 Å². The fourth-order valence-electron chi connectivity index (χ4n) is 3.67. The second-order valence-corrected chi connectivity index (χ2v) is 12.0. The monoisotopic (exact) mass is 354 g/mol. The van der Waals surface area contributed by atoms with Gasteiger partial charge in [0.25, 0.3) is 11.8 Å². The lowest BCUT2D eigenvalue weighted by atomic mass is 10.2. The van der Waals surface area contributed by atoms with E-state index in [1.807, 2.05) is 30.3 Å². The fourth-order valence-corrected chi connectivity index (χ4v) is 12.6. The first-order chi connectivity index (χ1) is 11.0. The highest BCUT2D eigenvalue weighted by molar-refractivity contribution is 9.11. The number of likely N-dealkylation sites (N-methyl/N-ethyl adjacent to an activating group) is 2. The molecule has 3 saturated heterocycles. The minimum atomic E-state index is -1.73. The van der Waals surface area contributed by atoms with Gasteiger partial charge in [-0.15, -0.1) is 0 Å². The third-order valence-electron chi connectivity index (χ3n) is 4.93. The van der Waals surface area contributed by atoms with Crippen LogP contribution in [0.25, 0.3) is 0 Å². The third kappa shape index (κ3) is 1.46. The van der Waals surface area contributed by atoms with E-state index in [1.54, 1.807) is 18.4 Å². The number of carbonyl (C=O) groups is 2. The van der Waals surface area contributed by atoms with E-state index in [0.29, 0.717) is 6.61 Å². The van der Waals surface area contributed by atoms with E-state index in [2.05, 4.69) is 0 Å². The van der Waals surface area contributed by atoms with Gasteiger partial charge in [-0.3, -0.25) is 13.9 Å². The van der Waals surface area contributed by atoms with Crippen LogP contribution in [0.15, 0.2) is 30.3 Å². The quantitative estimate of drug-likeness (QED) is 0.629. The number of benzene rings is 1. The van der Waals surface area contributed by atoms with Crippen LogP contribution in [0.4, 0.5) is 0 Å². The Balaban J connectivity index is 1.59. The Morgan fingerprint density at radius 3 is 2.57 bits per heavy atom. The van der Waals surface area contributed by atoms with Crippen molar-refractivity contribution >= 4 is 31.9 Å². The molecule has 3 aliphatic heterocycles. The van der Waals surface area contributed by atoms with Crippen molar-refractivity contribution < 1.29 is 19.4 Å². The average molecular weight is 354 g/mol. The smallest absolute Gasteiger partial charge is 0.271 e. The average Bonchev–Trinajstić information content (AvgIpc) is 3.28. The van der Waals surface area contributed by atoms with Gasteiger partial charge in [0.15, 0.2) is 4.08 Å². The lowest BCUT2D eigenvalue weighted by molar-refractivity contribution is -0.147. The van der Waals surface area contributed by atoms with Crippen molar-refractivity contribution in [2.75, 3.05) is 27.3 Å². The van der Waals surface area contributed by atoms with Crippen LogP contribution in [0, 0.1) is 0 Å². The van der Waals surface area contributed by atoms with E-state index in [4.69, 9.17) is 4.74 Å². The maximum atomic E-state index is 12.6. The Hall–Kier alpha value is -1.22. The predicted molar refractivity (Wildman–Crippen MR) is 89.4 cm³/mol. The predicted octanol–water partition coefficient (Wildman–Crippen LogP) is 0.913. The number of aliphatic hydroxyl groups is 1. The van der Waals surface area contributed by atoms with Gasteiger partial charge in [0.2, 0.25) is 4.87 Å². The van der Waals surface area contributed by atoms with Crippen molar-refractivity contribution in [3.63, 3.8) is 0 Å². The van der Waals surface area contributed by atoms with Gasteiger partial charge in [-0.05, 0) is 14.8 Å². The van der Waals surface area contributed by atoms with Gasteiger partial charge >= 0.3 is 0 Å². The largest absolute Gasteiger partial charge is 0.393 e. The third-order valence-corrected chi connectivity index (χ3v) is 13.5. The van der Waals surface area contributed by atoms with Crippen LogP contribution in [0.2, 0.25) is 0 Å². The van der Waals surface area contributed by atoms with Crippen LogP contribution in [-0.4, -0.2) is 62.4 Å². The number of nitrogens with zero attached hydrogens (tertiary/aromatic N) is 2. The summed E-state index contributed by atoms with van der Waals surface area (Å²) in [6, 6.07) is 9.73. The molecule has 0 bridgehead atoms. The first-order valence-corrected chi connectivity index (χ1v) is 10.2. The number of aliphatic hydroxyl groups excluding tert-OH is 1. The number of hydrogen-bond acceptors (Lipinski definition) is 5. The molecule has 1 unspecified atom stereocenters. The highest BCUT2D eigenvalue weighted by Crippen LogP contribution is 3.04. The molecule has 0 radical (unpaired) electrons. The summed E-state index contributed by atoms with van der Waals surface area (Å²) in [6.07, 6.45) is 0. The normalized spacial score (nSPS) is 40.3. The summed E-state index contributed by atoms with van der Waals surface area (Å²) in [4.78, 5) is 25.8. The summed E-state index contributed by atoms with van der Waals surface area (Å²) >= 11 is 0. The molecule has 2 amide bonds. The minimum Gasteiger partial charge on any atom is -0.393 e. The molecule has 3 fully saturated rings. The molecule has 124 valence electrons. The lowest BCUT2D eigenvalue weighted by Gasteiger charge is -2.57. The second kappa shape index (κ2) is 4.66. The van der Waals surface area contributed by atoms with Crippen molar-refractivity contribution in [2.45, 2.75) is 15.6 Å². The van der Waals surface area contributed by atoms with Crippen LogP contribution in [0.5, 0.6) is 0 Å². The molecule has 1 N–H and O–H groups in total. The van der Waals surface area contributed by atoms with Crippen molar-refractivity contribution in [1.82, 2.24) is 9.21 Å². The zero-order chi connectivity index (χ0) is 16.5. The van der Waals surface area contributed by atoms with Crippen molar-refractivity contribution in [1.29, 1.82) is 0 Å². The highest BCUT2D eigenvalue weighted by atomic mass is 33.2. The molecular formula is C15H18N2O4S2. The van der Waals surface area contributed by atoms with Gasteiger partial charge in [-0.1, -0.05) is 41.1 Å². The summed E-state index contributed by atoms with van der Waals surface area (Å²) in [5.74, 6) is -0.238. The SMILES string of the molecule is CN1C(=O)[C@]2(CO)SS23N(C)C(=O)[C@@]13COCc1ccccc1. The maximum Gasteiger partial charge on any atom is 0.271 e. The zero-order valence-corrected chi connectivity index (χ0v) is 14.5. The second-order valence-electron chi connectivity index (χ2n) is 5.95. The Morgan fingerprint density at radius 1 is 1.22 bits per heavy atom. The molecular weight excluding hydrogens is 336 g/mol. The molecule has 3 heterocycles. The Labute approximate surface area is 139 Å². The van der Waals surface area contributed by atoms with Crippen molar-refractivity contribution in [2.24, 2.45) is 0 Å². The number of rotatable bonds is 5. The van der Waals surface area contributed by atoms with E-state index in [0.717, 1.165) is 5.56 Å². The van der Waals surface area contributed by atoms with Gasteiger partial charge in [-0.25, -0.2) is 0 Å². The first-order valence-electron chi connectivity index (χ1n) is 7.30. The molecule has 0 saturated carbocycles. The molecule has 4 rings (SSSR count).